The highest BCUT2D eigenvalue weighted by Gasteiger charge is 2.23. The van der Waals surface area contributed by atoms with Crippen molar-refractivity contribution in [2.75, 3.05) is 19.6 Å². The van der Waals surface area contributed by atoms with E-state index in [4.69, 9.17) is 22.1 Å². The van der Waals surface area contributed by atoms with Crippen molar-refractivity contribution in [3.8, 4) is 5.75 Å². The standard InChI is InChI=1S/C13H17ClN2O2/c14-10-3-1-4-11(7-10)18-12-5-2-6-16(9-12)13(17)8-15/h1,3-4,7,12H,2,5-6,8-9,15H2. The van der Waals surface area contributed by atoms with Gasteiger partial charge in [0.25, 0.3) is 0 Å². The highest BCUT2D eigenvalue weighted by molar-refractivity contribution is 6.30. The molecule has 1 saturated heterocycles. The summed E-state index contributed by atoms with van der Waals surface area (Å²) in [4.78, 5) is 13.3. The number of hydrogen-bond acceptors (Lipinski definition) is 3. The number of rotatable bonds is 3. The predicted octanol–water partition coefficient (Wildman–Crippen LogP) is 1.67. The van der Waals surface area contributed by atoms with E-state index in [2.05, 4.69) is 0 Å². The highest BCUT2D eigenvalue weighted by Crippen LogP contribution is 2.21. The summed E-state index contributed by atoms with van der Waals surface area (Å²) in [5.74, 6) is 0.726. The van der Waals surface area contributed by atoms with Gasteiger partial charge in [0.15, 0.2) is 0 Å². The minimum absolute atomic E-state index is 0.0191. The van der Waals surface area contributed by atoms with Crippen molar-refractivity contribution in [2.24, 2.45) is 5.73 Å². The predicted molar refractivity (Wildman–Crippen MR) is 70.7 cm³/mol. The molecule has 1 amide bonds. The Labute approximate surface area is 112 Å². The van der Waals surface area contributed by atoms with E-state index in [-0.39, 0.29) is 18.6 Å². The van der Waals surface area contributed by atoms with Crippen molar-refractivity contribution >= 4 is 17.5 Å². The van der Waals surface area contributed by atoms with Gasteiger partial charge in [-0.05, 0) is 31.0 Å². The lowest BCUT2D eigenvalue weighted by Gasteiger charge is -2.32. The second-order valence-electron chi connectivity index (χ2n) is 4.38. The van der Waals surface area contributed by atoms with Crippen molar-refractivity contribution in [1.82, 2.24) is 4.90 Å². The normalized spacial score (nSPS) is 19.7. The van der Waals surface area contributed by atoms with Crippen LogP contribution in [-0.2, 0) is 4.79 Å². The van der Waals surface area contributed by atoms with Crippen molar-refractivity contribution in [3.05, 3.63) is 29.3 Å². The molecule has 0 saturated carbocycles. The number of hydrogen-bond donors (Lipinski definition) is 1. The third-order valence-corrected chi connectivity index (χ3v) is 3.24. The van der Waals surface area contributed by atoms with E-state index in [0.717, 1.165) is 25.1 Å². The molecule has 1 atom stereocenters. The average molecular weight is 269 g/mol. The SMILES string of the molecule is NCC(=O)N1CCCC(Oc2cccc(Cl)c2)C1. The molecule has 18 heavy (non-hydrogen) atoms. The fourth-order valence-corrected chi connectivity index (χ4v) is 2.30. The highest BCUT2D eigenvalue weighted by atomic mass is 35.5. The van der Waals surface area contributed by atoms with Crippen LogP contribution in [0.3, 0.4) is 0 Å². The largest absolute Gasteiger partial charge is 0.489 e. The first-order chi connectivity index (χ1) is 8.69. The summed E-state index contributed by atoms with van der Waals surface area (Å²) >= 11 is 5.90. The topological polar surface area (TPSA) is 55.6 Å². The van der Waals surface area contributed by atoms with E-state index in [9.17, 15) is 4.79 Å². The lowest BCUT2D eigenvalue weighted by atomic mass is 10.1. The lowest BCUT2D eigenvalue weighted by Crippen LogP contribution is -2.46. The van der Waals surface area contributed by atoms with Gasteiger partial charge in [0.1, 0.15) is 11.9 Å². The van der Waals surface area contributed by atoms with Gasteiger partial charge in [0, 0.05) is 11.6 Å². The number of likely N-dealkylation sites (tertiary alicyclic amines) is 1. The summed E-state index contributed by atoms with van der Waals surface area (Å²) < 4.78 is 5.84. The van der Waals surface area contributed by atoms with Gasteiger partial charge < -0.3 is 15.4 Å². The minimum Gasteiger partial charge on any atom is -0.489 e. The van der Waals surface area contributed by atoms with Gasteiger partial charge in [-0.3, -0.25) is 4.79 Å². The molecule has 1 fully saturated rings. The zero-order chi connectivity index (χ0) is 13.0. The Kier molecular flexibility index (Phi) is 4.44. The molecule has 1 aliphatic heterocycles. The van der Waals surface area contributed by atoms with Crippen LogP contribution in [0, 0.1) is 0 Å². The number of ether oxygens (including phenoxy) is 1. The Balaban J connectivity index is 1.95. The summed E-state index contributed by atoms with van der Waals surface area (Å²) in [5, 5.41) is 0.651. The fraction of sp³-hybridized carbons (Fsp3) is 0.462. The molecule has 0 bridgehead atoms. The maximum atomic E-state index is 11.5. The quantitative estimate of drug-likeness (QED) is 0.907. The van der Waals surface area contributed by atoms with E-state index in [1.54, 1.807) is 17.0 Å². The molecule has 1 aromatic carbocycles. The Bertz CT molecular complexity index is 425. The van der Waals surface area contributed by atoms with Crippen LogP contribution in [0.5, 0.6) is 5.75 Å². The zero-order valence-electron chi connectivity index (χ0n) is 10.1. The van der Waals surface area contributed by atoms with Gasteiger partial charge >= 0.3 is 0 Å². The minimum atomic E-state index is -0.0191. The van der Waals surface area contributed by atoms with Crippen LogP contribution < -0.4 is 10.5 Å². The second kappa shape index (κ2) is 6.07. The Hall–Kier alpha value is -1.26. The number of carbonyl (C=O) groups excluding carboxylic acids is 1. The summed E-state index contributed by atoms with van der Waals surface area (Å²) in [7, 11) is 0. The van der Waals surface area contributed by atoms with Crippen LogP contribution in [-0.4, -0.2) is 36.5 Å². The van der Waals surface area contributed by atoms with Crippen molar-refractivity contribution < 1.29 is 9.53 Å². The maximum absolute atomic E-state index is 11.5. The third-order valence-electron chi connectivity index (χ3n) is 3.00. The monoisotopic (exact) mass is 268 g/mol. The van der Waals surface area contributed by atoms with Crippen LogP contribution in [0.25, 0.3) is 0 Å². The molecule has 1 aromatic rings. The number of nitrogens with zero attached hydrogens (tertiary/aromatic N) is 1. The average Bonchev–Trinajstić information content (AvgIpc) is 2.38. The molecular weight excluding hydrogens is 252 g/mol. The molecule has 1 aliphatic rings. The number of carbonyl (C=O) groups is 1. The molecule has 0 aliphatic carbocycles. The van der Waals surface area contributed by atoms with Crippen molar-refractivity contribution in [3.63, 3.8) is 0 Å². The van der Waals surface area contributed by atoms with Crippen LogP contribution in [0.15, 0.2) is 24.3 Å². The first-order valence-corrected chi connectivity index (χ1v) is 6.47. The molecule has 98 valence electrons. The molecule has 1 heterocycles. The van der Waals surface area contributed by atoms with E-state index >= 15 is 0 Å². The first-order valence-electron chi connectivity index (χ1n) is 6.09. The molecular formula is C13H17ClN2O2. The molecule has 1 unspecified atom stereocenters. The fourth-order valence-electron chi connectivity index (χ4n) is 2.12. The van der Waals surface area contributed by atoms with Crippen LogP contribution in [0.1, 0.15) is 12.8 Å². The van der Waals surface area contributed by atoms with Crippen LogP contribution in [0.2, 0.25) is 5.02 Å². The smallest absolute Gasteiger partial charge is 0.236 e. The van der Waals surface area contributed by atoms with Gasteiger partial charge in [-0.15, -0.1) is 0 Å². The second-order valence-corrected chi connectivity index (χ2v) is 4.82. The van der Waals surface area contributed by atoms with Crippen molar-refractivity contribution in [1.29, 1.82) is 0 Å². The van der Waals surface area contributed by atoms with Crippen molar-refractivity contribution in [2.45, 2.75) is 18.9 Å². The Morgan fingerprint density at radius 1 is 1.56 bits per heavy atom. The number of piperidine rings is 1. The van der Waals surface area contributed by atoms with Gasteiger partial charge in [0.05, 0.1) is 13.1 Å². The molecule has 2 rings (SSSR count). The van der Waals surface area contributed by atoms with E-state index in [0.29, 0.717) is 11.6 Å². The van der Waals surface area contributed by atoms with E-state index in [1.807, 2.05) is 12.1 Å². The van der Waals surface area contributed by atoms with Gasteiger partial charge in [-0.1, -0.05) is 17.7 Å². The summed E-state index contributed by atoms with van der Waals surface area (Å²) in [6.07, 6.45) is 1.91. The van der Waals surface area contributed by atoms with Crippen LogP contribution in [0.4, 0.5) is 0 Å². The molecule has 2 N–H and O–H groups in total. The lowest BCUT2D eigenvalue weighted by molar-refractivity contribution is -0.132. The molecule has 5 heteroatoms. The first kappa shape index (κ1) is 13.2. The van der Waals surface area contributed by atoms with E-state index in [1.165, 1.54) is 0 Å². The van der Waals surface area contributed by atoms with Gasteiger partial charge in [0.2, 0.25) is 5.91 Å². The summed E-state index contributed by atoms with van der Waals surface area (Å²) in [6, 6.07) is 7.31. The third kappa shape index (κ3) is 3.37. The summed E-state index contributed by atoms with van der Waals surface area (Å²) in [5.41, 5.74) is 5.37. The molecule has 0 spiro atoms. The molecule has 0 aromatic heterocycles. The number of amides is 1. The summed E-state index contributed by atoms with van der Waals surface area (Å²) in [6.45, 7) is 1.43. The zero-order valence-corrected chi connectivity index (χ0v) is 10.9. The van der Waals surface area contributed by atoms with Gasteiger partial charge in [-0.25, -0.2) is 0 Å². The number of benzene rings is 1. The van der Waals surface area contributed by atoms with Gasteiger partial charge in [-0.2, -0.15) is 0 Å². The number of halogens is 1. The molecule has 0 radical (unpaired) electrons. The number of nitrogens with two attached hydrogens (primary N) is 1. The van der Waals surface area contributed by atoms with Crippen LogP contribution >= 0.6 is 11.6 Å². The Morgan fingerprint density at radius 2 is 2.39 bits per heavy atom. The van der Waals surface area contributed by atoms with E-state index < -0.39 is 0 Å². The maximum Gasteiger partial charge on any atom is 0.236 e. The molecule has 4 nitrogen and oxygen atoms in total. The Morgan fingerprint density at radius 3 is 3.11 bits per heavy atom.